The van der Waals surface area contributed by atoms with Crippen molar-refractivity contribution in [2.75, 3.05) is 0 Å². The van der Waals surface area contributed by atoms with Crippen molar-refractivity contribution in [2.24, 2.45) is 0 Å². The van der Waals surface area contributed by atoms with Gasteiger partial charge < -0.3 is 10.4 Å². The molecule has 1 aliphatic heterocycles. The predicted octanol–water partition coefficient (Wildman–Crippen LogP) is 3.24. The van der Waals surface area contributed by atoms with Crippen molar-refractivity contribution < 1.29 is 5.11 Å². The van der Waals surface area contributed by atoms with Crippen LogP contribution in [0.4, 0.5) is 0 Å². The number of benzene rings is 2. The largest absolute Gasteiger partial charge is 0.508 e. The lowest BCUT2D eigenvalue weighted by molar-refractivity contribution is 0.475. The Bertz CT molecular complexity index is 551. The second-order valence-corrected chi connectivity index (χ2v) is 4.63. The average molecular weight is 246 g/mol. The Morgan fingerprint density at radius 1 is 1.12 bits per heavy atom. The minimum atomic E-state index is 0.124. The van der Waals surface area contributed by atoms with Crippen LogP contribution in [0.5, 0.6) is 5.75 Å². The quantitative estimate of drug-likeness (QED) is 0.809. The van der Waals surface area contributed by atoms with Crippen LogP contribution in [-0.4, -0.2) is 5.11 Å². The minimum Gasteiger partial charge on any atom is -0.508 e. The Morgan fingerprint density at radius 3 is 2.65 bits per heavy atom. The Kier molecular flexibility index (Phi) is 2.54. The number of hydrogen-bond donors (Lipinski definition) is 2. The molecule has 17 heavy (non-hydrogen) atoms. The summed E-state index contributed by atoms with van der Waals surface area (Å²) in [6.45, 7) is 0.835. The molecular formula is C14H12ClNO. The summed E-state index contributed by atoms with van der Waals surface area (Å²) in [4.78, 5) is 0. The molecule has 0 fully saturated rings. The molecule has 0 saturated heterocycles. The van der Waals surface area contributed by atoms with Gasteiger partial charge in [0.05, 0.1) is 6.04 Å². The number of phenolic OH excluding ortho intramolecular Hbond substituents is 1. The minimum absolute atomic E-state index is 0.124. The van der Waals surface area contributed by atoms with Gasteiger partial charge in [0.15, 0.2) is 0 Å². The Balaban J connectivity index is 2.06. The van der Waals surface area contributed by atoms with Gasteiger partial charge in [0.1, 0.15) is 5.75 Å². The van der Waals surface area contributed by atoms with Gasteiger partial charge in [-0.15, -0.1) is 0 Å². The number of hydrogen-bond acceptors (Lipinski definition) is 2. The maximum atomic E-state index is 9.30. The first-order chi connectivity index (χ1) is 8.25. The van der Waals surface area contributed by atoms with E-state index in [4.69, 9.17) is 11.6 Å². The molecule has 3 rings (SSSR count). The summed E-state index contributed by atoms with van der Waals surface area (Å²) in [6.07, 6.45) is 0. The molecule has 2 N–H and O–H groups in total. The van der Waals surface area contributed by atoms with Gasteiger partial charge in [-0.2, -0.15) is 0 Å². The van der Waals surface area contributed by atoms with E-state index < -0.39 is 0 Å². The predicted molar refractivity (Wildman–Crippen MR) is 68.2 cm³/mol. The molecule has 3 heteroatoms. The first-order valence-electron chi connectivity index (χ1n) is 5.55. The van der Waals surface area contributed by atoms with Crippen LogP contribution in [0.25, 0.3) is 0 Å². The van der Waals surface area contributed by atoms with Crippen molar-refractivity contribution in [2.45, 2.75) is 12.6 Å². The number of fused-ring (bicyclic) bond motifs is 1. The molecule has 0 spiro atoms. The highest BCUT2D eigenvalue weighted by molar-refractivity contribution is 6.31. The topological polar surface area (TPSA) is 32.3 Å². The van der Waals surface area contributed by atoms with Crippen LogP contribution in [-0.2, 0) is 6.54 Å². The normalized spacial score (nSPS) is 18.1. The molecule has 0 radical (unpaired) electrons. The lowest BCUT2D eigenvalue weighted by atomic mass is 9.98. The van der Waals surface area contributed by atoms with Crippen LogP contribution in [0.3, 0.4) is 0 Å². The number of phenols is 1. The maximum absolute atomic E-state index is 9.30. The molecular weight excluding hydrogens is 234 g/mol. The van der Waals surface area contributed by atoms with Gasteiger partial charge in [-0.05, 0) is 34.9 Å². The highest BCUT2D eigenvalue weighted by Gasteiger charge is 2.25. The highest BCUT2D eigenvalue weighted by atomic mass is 35.5. The second kappa shape index (κ2) is 4.06. The molecule has 0 saturated carbocycles. The van der Waals surface area contributed by atoms with Crippen molar-refractivity contribution in [3.8, 4) is 5.75 Å². The molecule has 2 aromatic rings. The van der Waals surface area contributed by atoms with Crippen molar-refractivity contribution >= 4 is 11.6 Å². The van der Waals surface area contributed by atoms with Gasteiger partial charge >= 0.3 is 0 Å². The van der Waals surface area contributed by atoms with E-state index in [2.05, 4.69) is 11.4 Å². The molecule has 0 aliphatic carbocycles. The summed E-state index contributed by atoms with van der Waals surface area (Å²) in [5.41, 5.74) is 3.52. The van der Waals surface area contributed by atoms with Gasteiger partial charge in [-0.3, -0.25) is 0 Å². The zero-order valence-electron chi connectivity index (χ0n) is 9.15. The van der Waals surface area contributed by atoms with Crippen LogP contribution in [0.1, 0.15) is 22.7 Å². The number of nitrogens with one attached hydrogen (secondary N) is 1. The average Bonchev–Trinajstić information content (AvgIpc) is 2.75. The number of halogens is 1. The Hall–Kier alpha value is -1.51. The molecule has 1 aliphatic rings. The van der Waals surface area contributed by atoms with E-state index in [0.717, 1.165) is 22.7 Å². The smallest absolute Gasteiger partial charge is 0.115 e. The third kappa shape index (κ3) is 1.79. The molecule has 2 aromatic carbocycles. The van der Waals surface area contributed by atoms with E-state index in [0.29, 0.717) is 0 Å². The van der Waals surface area contributed by atoms with E-state index in [1.807, 2.05) is 24.3 Å². The lowest BCUT2D eigenvalue weighted by Gasteiger charge is -2.14. The summed E-state index contributed by atoms with van der Waals surface area (Å²) in [6, 6.07) is 13.4. The summed E-state index contributed by atoms with van der Waals surface area (Å²) in [5.74, 6) is 0.283. The summed E-state index contributed by atoms with van der Waals surface area (Å²) in [5, 5.41) is 13.5. The molecule has 0 bridgehead atoms. The number of rotatable bonds is 1. The van der Waals surface area contributed by atoms with Crippen LogP contribution < -0.4 is 5.32 Å². The molecule has 2 nitrogen and oxygen atoms in total. The molecule has 1 atom stereocenters. The summed E-state index contributed by atoms with van der Waals surface area (Å²) >= 11 is 6.26. The van der Waals surface area contributed by atoms with Crippen LogP contribution >= 0.6 is 11.6 Å². The van der Waals surface area contributed by atoms with Gasteiger partial charge in [0, 0.05) is 11.6 Å². The standard InChI is InChI=1S/C14H12ClNO/c15-12-3-1-2-10-8-16-14(13(10)12)9-4-6-11(17)7-5-9/h1-7,14,16-17H,8H2. The summed E-state index contributed by atoms with van der Waals surface area (Å²) < 4.78 is 0. The highest BCUT2D eigenvalue weighted by Crippen LogP contribution is 2.36. The van der Waals surface area contributed by atoms with E-state index in [1.165, 1.54) is 5.56 Å². The molecule has 1 heterocycles. The van der Waals surface area contributed by atoms with E-state index in [-0.39, 0.29) is 11.8 Å². The van der Waals surface area contributed by atoms with Gasteiger partial charge in [0.2, 0.25) is 0 Å². The summed E-state index contributed by atoms with van der Waals surface area (Å²) in [7, 11) is 0. The third-order valence-electron chi connectivity index (χ3n) is 3.15. The Labute approximate surface area is 105 Å². The van der Waals surface area contributed by atoms with Crippen LogP contribution in [0, 0.1) is 0 Å². The lowest BCUT2D eigenvalue weighted by Crippen LogP contribution is -2.13. The van der Waals surface area contributed by atoms with Crippen LogP contribution in [0.2, 0.25) is 5.02 Å². The number of aromatic hydroxyl groups is 1. The molecule has 0 amide bonds. The van der Waals surface area contributed by atoms with E-state index >= 15 is 0 Å². The second-order valence-electron chi connectivity index (χ2n) is 4.22. The zero-order chi connectivity index (χ0) is 11.8. The van der Waals surface area contributed by atoms with Crippen LogP contribution in [0.15, 0.2) is 42.5 Å². The van der Waals surface area contributed by atoms with Gasteiger partial charge in [-0.25, -0.2) is 0 Å². The van der Waals surface area contributed by atoms with Crippen molar-refractivity contribution in [3.05, 3.63) is 64.2 Å². The fraction of sp³-hybridized carbons (Fsp3) is 0.143. The first kappa shape index (κ1) is 10.6. The monoisotopic (exact) mass is 245 g/mol. The fourth-order valence-electron chi connectivity index (χ4n) is 2.32. The first-order valence-corrected chi connectivity index (χ1v) is 5.93. The third-order valence-corrected chi connectivity index (χ3v) is 3.48. The Morgan fingerprint density at radius 2 is 1.88 bits per heavy atom. The van der Waals surface area contributed by atoms with E-state index in [1.54, 1.807) is 12.1 Å². The maximum Gasteiger partial charge on any atom is 0.115 e. The van der Waals surface area contributed by atoms with Gasteiger partial charge in [0.25, 0.3) is 0 Å². The zero-order valence-corrected chi connectivity index (χ0v) is 9.91. The van der Waals surface area contributed by atoms with Crippen molar-refractivity contribution in [1.29, 1.82) is 0 Å². The van der Waals surface area contributed by atoms with Crippen molar-refractivity contribution in [3.63, 3.8) is 0 Å². The van der Waals surface area contributed by atoms with E-state index in [9.17, 15) is 5.11 Å². The molecule has 0 aromatic heterocycles. The molecule has 1 unspecified atom stereocenters. The van der Waals surface area contributed by atoms with Crippen molar-refractivity contribution in [1.82, 2.24) is 5.32 Å². The fourth-order valence-corrected chi connectivity index (χ4v) is 2.63. The SMILES string of the molecule is Oc1ccc(C2NCc3cccc(Cl)c32)cc1. The van der Waals surface area contributed by atoms with Gasteiger partial charge in [-0.1, -0.05) is 35.9 Å². The molecule has 86 valence electrons.